The molecule has 0 N–H and O–H groups in total. The van der Waals surface area contributed by atoms with E-state index in [-0.39, 0.29) is 18.7 Å². The second-order valence-electron chi connectivity index (χ2n) is 8.87. The van der Waals surface area contributed by atoms with Crippen LogP contribution in [0.5, 0.6) is 0 Å². The Morgan fingerprint density at radius 2 is 1.64 bits per heavy atom. The molecule has 0 saturated carbocycles. The summed E-state index contributed by atoms with van der Waals surface area (Å²) in [5.74, 6) is 2.33. The van der Waals surface area contributed by atoms with Crippen molar-refractivity contribution in [2.45, 2.75) is 18.9 Å². The molecule has 2 saturated heterocycles. The van der Waals surface area contributed by atoms with Crippen LogP contribution in [-0.2, 0) is 16.6 Å². The van der Waals surface area contributed by atoms with Crippen molar-refractivity contribution < 1.29 is 23.2 Å². The zero-order valence-corrected chi connectivity index (χ0v) is 19.5. The third kappa shape index (κ3) is 3.79. The minimum atomic E-state index is -1.51. The lowest BCUT2D eigenvalue weighted by Crippen LogP contribution is -2.73. The number of urea groups is 1. The predicted molar refractivity (Wildman–Crippen MR) is 127 cm³/mol. The summed E-state index contributed by atoms with van der Waals surface area (Å²) in [5, 5.41) is 0. The van der Waals surface area contributed by atoms with E-state index in [4.69, 9.17) is 0 Å². The topological polar surface area (TPSA) is 78.8 Å². The van der Waals surface area contributed by atoms with Gasteiger partial charge in [0, 0.05) is 37.5 Å². The van der Waals surface area contributed by atoms with Crippen LogP contribution in [0.4, 0.5) is 25.1 Å². The molecule has 182 valence electrons. The first-order chi connectivity index (χ1) is 17.2. The maximum Gasteiger partial charge on any atom is 0.332 e. The molecule has 10 heteroatoms. The number of anilines is 2. The highest BCUT2D eigenvalue weighted by Crippen LogP contribution is 2.37. The van der Waals surface area contributed by atoms with Crippen LogP contribution in [0.3, 0.4) is 0 Å². The number of imidazole rings is 1. The van der Waals surface area contributed by atoms with Crippen molar-refractivity contribution in [3.8, 4) is 11.8 Å². The number of aromatic nitrogens is 2. The van der Waals surface area contributed by atoms with Gasteiger partial charge in [0.15, 0.2) is 17.5 Å². The number of carbonyl (C=O) groups excluding carboxylic acids is 3. The normalized spacial score (nSPS) is 19.8. The van der Waals surface area contributed by atoms with Gasteiger partial charge in [-0.25, -0.2) is 23.5 Å². The predicted octanol–water partition coefficient (Wildman–Crippen LogP) is 3.06. The number of carbonyl (C=O) groups is 3. The average Bonchev–Trinajstić information content (AvgIpc) is 3.27. The molecule has 5 rings (SSSR count). The number of nitrogens with zero attached hydrogens (tertiary/aromatic N) is 5. The summed E-state index contributed by atoms with van der Waals surface area (Å²) in [6.45, 7) is 1.66. The van der Waals surface area contributed by atoms with Crippen molar-refractivity contribution >= 4 is 29.4 Å². The zero-order chi connectivity index (χ0) is 25.6. The summed E-state index contributed by atoms with van der Waals surface area (Å²) < 4.78 is 31.9. The Labute approximate surface area is 205 Å². The van der Waals surface area contributed by atoms with Gasteiger partial charge < -0.3 is 9.47 Å². The van der Waals surface area contributed by atoms with Gasteiger partial charge in [0.1, 0.15) is 11.2 Å². The molecule has 2 fully saturated rings. The molecular weight excluding hydrogens is 468 g/mol. The Kier molecular flexibility index (Phi) is 5.55. The number of aryl methyl sites for hydroxylation is 1. The highest BCUT2D eigenvalue weighted by atomic mass is 19.1. The molecule has 3 heterocycles. The highest BCUT2D eigenvalue weighted by Gasteiger charge is 2.56. The fourth-order valence-corrected chi connectivity index (χ4v) is 4.53. The molecule has 0 spiro atoms. The smallest absolute Gasteiger partial charge is 0.332 e. The van der Waals surface area contributed by atoms with Crippen LogP contribution >= 0.6 is 0 Å². The van der Waals surface area contributed by atoms with Gasteiger partial charge in [-0.05, 0) is 31.2 Å². The van der Waals surface area contributed by atoms with Gasteiger partial charge in [-0.1, -0.05) is 30.0 Å². The van der Waals surface area contributed by atoms with Crippen molar-refractivity contribution in [1.29, 1.82) is 0 Å². The number of amides is 4. The third-order valence-electron chi connectivity index (χ3n) is 6.35. The van der Waals surface area contributed by atoms with Crippen LogP contribution in [-0.4, -0.2) is 50.9 Å². The number of hydrogen-bond acceptors (Lipinski definition) is 4. The maximum atomic E-state index is 15.1. The van der Waals surface area contributed by atoms with Crippen molar-refractivity contribution in [3.05, 3.63) is 77.8 Å². The van der Waals surface area contributed by atoms with Crippen LogP contribution in [0.1, 0.15) is 24.5 Å². The van der Waals surface area contributed by atoms with E-state index in [0.29, 0.717) is 16.3 Å². The van der Waals surface area contributed by atoms with E-state index in [1.165, 1.54) is 23.1 Å². The van der Waals surface area contributed by atoms with Gasteiger partial charge in [-0.15, -0.1) is 0 Å². The van der Waals surface area contributed by atoms with E-state index in [0.717, 1.165) is 12.1 Å². The van der Waals surface area contributed by atoms with Gasteiger partial charge in [-0.3, -0.25) is 14.5 Å². The molecule has 2 aromatic carbocycles. The molecular formula is C26H21F2N5O3. The van der Waals surface area contributed by atoms with Crippen LogP contribution in [0.15, 0.2) is 55.0 Å². The van der Waals surface area contributed by atoms with Gasteiger partial charge in [0.2, 0.25) is 5.91 Å². The van der Waals surface area contributed by atoms with Crippen molar-refractivity contribution in [1.82, 2.24) is 14.5 Å². The SMILES string of the molecule is Cn1cnc(N2CCN3C(=O)N(c4c(F)cc(C#Cc5ccccc5)cc4F)C(=O)CC3(C)C2=O)c1. The summed E-state index contributed by atoms with van der Waals surface area (Å²) in [5.41, 5.74) is -1.57. The van der Waals surface area contributed by atoms with Gasteiger partial charge in [0.25, 0.3) is 5.91 Å². The first-order valence-corrected chi connectivity index (χ1v) is 11.2. The Hall–Kier alpha value is -4.52. The minimum absolute atomic E-state index is 0.0542. The summed E-state index contributed by atoms with van der Waals surface area (Å²) in [6.07, 6.45) is 2.76. The largest absolute Gasteiger partial charge is 0.338 e. The van der Waals surface area contributed by atoms with Gasteiger partial charge in [0.05, 0.1) is 12.7 Å². The van der Waals surface area contributed by atoms with Crippen LogP contribution in [0.25, 0.3) is 0 Å². The van der Waals surface area contributed by atoms with Crippen molar-refractivity contribution in [2.75, 3.05) is 22.9 Å². The minimum Gasteiger partial charge on any atom is -0.338 e. The molecule has 2 aliphatic heterocycles. The van der Waals surface area contributed by atoms with E-state index in [1.807, 2.05) is 6.07 Å². The van der Waals surface area contributed by atoms with E-state index in [1.54, 1.807) is 42.1 Å². The summed E-state index contributed by atoms with van der Waals surface area (Å²) in [7, 11) is 1.76. The summed E-state index contributed by atoms with van der Waals surface area (Å²) >= 11 is 0. The molecule has 1 aromatic heterocycles. The lowest BCUT2D eigenvalue weighted by atomic mass is 9.88. The molecule has 8 nitrogen and oxygen atoms in total. The van der Waals surface area contributed by atoms with Gasteiger partial charge in [-0.2, -0.15) is 0 Å². The molecule has 1 atom stereocenters. The van der Waals surface area contributed by atoms with E-state index >= 15 is 8.78 Å². The van der Waals surface area contributed by atoms with Gasteiger partial charge >= 0.3 is 6.03 Å². The number of hydrogen-bond donors (Lipinski definition) is 0. The number of halogens is 2. The Balaban J connectivity index is 1.44. The number of piperazine rings is 1. The number of imide groups is 1. The molecule has 4 amide bonds. The molecule has 0 bridgehead atoms. The lowest BCUT2D eigenvalue weighted by molar-refractivity contribution is -0.137. The highest BCUT2D eigenvalue weighted by molar-refractivity contribution is 6.20. The quantitative estimate of drug-likeness (QED) is 0.519. The Morgan fingerprint density at radius 1 is 0.972 bits per heavy atom. The molecule has 36 heavy (non-hydrogen) atoms. The number of rotatable bonds is 2. The lowest BCUT2D eigenvalue weighted by Gasteiger charge is -2.51. The van der Waals surface area contributed by atoms with E-state index < -0.39 is 47.1 Å². The molecule has 0 radical (unpaired) electrons. The Morgan fingerprint density at radius 3 is 2.28 bits per heavy atom. The van der Waals surface area contributed by atoms with Crippen LogP contribution < -0.4 is 9.80 Å². The van der Waals surface area contributed by atoms with Crippen molar-refractivity contribution in [2.24, 2.45) is 7.05 Å². The average molecular weight is 489 g/mol. The summed E-state index contributed by atoms with van der Waals surface area (Å²) in [4.78, 5) is 47.0. The fraction of sp³-hybridized carbons (Fsp3) is 0.231. The number of fused-ring (bicyclic) bond motifs is 1. The van der Waals surface area contributed by atoms with E-state index in [9.17, 15) is 14.4 Å². The summed E-state index contributed by atoms with van der Waals surface area (Å²) in [6, 6.07) is 9.91. The fourth-order valence-electron chi connectivity index (χ4n) is 4.53. The molecule has 1 unspecified atom stereocenters. The third-order valence-corrected chi connectivity index (χ3v) is 6.35. The first-order valence-electron chi connectivity index (χ1n) is 11.2. The Bertz CT molecular complexity index is 1440. The second-order valence-corrected chi connectivity index (χ2v) is 8.87. The second kappa shape index (κ2) is 8.61. The standard InChI is InChI=1S/C26H21F2N5O3/c1-26-14-22(34)33(25(36)32(26)11-10-31(24(26)35)21-15-30(2)16-29-21)23-19(27)12-18(13-20(23)28)9-8-17-6-4-3-5-7-17/h3-7,12-13,15-16H,10-11,14H2,1-2H3. The van der Waals surface area contributed by atoms with Crippen LogP contribution in [0.2, 0.25) is 0 Å². The van der Waals surface area contributed by atoms with E-state index in [2.05, 4.69) is 16.8 Å². The molecule has 3 aromatic rings. The monoisotopic (exact) mass is 489 g/mol. The van der Waals surface area contributed by atoms with Crippen LogP contribution in [0, 0.1) is 23.5 Å². The molecule has 2 aliphatic rings. The van der Waals surface area contributed by atoms with Crippen molar-refractivity contribution in [3.63, 3.8) is 0 Å². The zero-order valence-electron chi connectivity index (χ0n) is 19.5. The maximum absolute atomic E-state index is 15.1. The number of benzene rings is 2. The molecule has 0 aliphatic carbocycles. The first kappa shape index (κ1) is 23.2.